The molecule has 1 aromatic rings. The maximum absolute atomic E-state index is 12.0. The molecule has 1 fully saturated rings. The van der Waals surface area contributed by atoms with Crippen molar-refractivity contribution in [2.24, 2.45) is 5.73 Å². The highest BCUT2D eigenvalue weighted by Crippen LogP contribution is 2.30. The molecule has 2 rings (SSSR count). The fourth-order valence-electron chi connectivity index (χ4n) is 2.66. The number of carbonyl (C=O) groups is 2. The van der Waals surface area contributed by atoms with E-state index >= 15 is 0 Å². The minimum atomic E-state index is -0.868. The van der Waals surface area contributed by atoms with Crippen molar-refractivity contribution in [1.29, 1.82) is 0 Å². The third kappa shape index (κ3) is 4.06. The van der Waals surface area contributed by atoms with E-state index in [4.69, 9.17) is 10.8 Å². The minimum Gasteiger partial charge on any atom is -0.481 e. The average Bonchev–Trinajstić information content (AvgIpc) is 2.77. The predicted molar refractivity (Wildman–Crippen MR) is 76.4 cm³/mol. The lowest BCUT2D eigenvalue weighted by Gasteiger charge is -2.22. The standard InChI is InChI=1S/C15H20N2O3/c16-15(7-1-2-8-15)10-13(18)17-12-5-3-11(4-6-12)9-14(19)20/h3-6H,1-2,7-10,16H2,(H,17,18)(H,19,20). The van der Waals surface area contributed by atoms with E-state index < -0.39 is 5.97 Å². The monoisotopic (exact) mass is 276 g/mol. The molecule has 0 bridgehead atoms. The molecule has 0 unspecified atom stereocenters. The fraction of sp³-hybridized carbons (Fsp3) is 0.467. The predicted octanol–water partition coefficient (Wildman–Crippen LogP) is 1.91. The third-order valence-electron chi connectivity index (χ3n) is 3.70. The molecule has 108 valence electrons. The van der Waals surface area contributed by atoms with Crippen molar-refractivity contribution in [1.82, 2.24) is 0 Å². The van der Waals surface area contributed by atoms with Gasteiger partial charge in [-0.3, -0.25) is 9.59 Å². The van der Waals surface area contributed by atoms with Gasteiger partial charge in [-0.2, -0.15) is 0 Å². The van der Waals surface area contributed by atoms with Crippen LogP contribution in [-0.2, 0) is 16.0 Å². The number of rotatable bonds is 5. The molecular weight excluding hydrogens is 256 g/mol. The Kier molecular flexibility index (Phi) is 4.39. The molecule has 1 amide bonds. The second-order valence-corrected chi connectivity index (χ2v) is 5.56. The normalized spacial score (nSPS) is 16.9. The summed E-state index contributed by atoms with van der Waals surface area (Å²) in [6.45, 7) is 0. The van der Waals surface area contributed by atoms with Gasteiger partial charge in [0, 0.05) is 17.6 Å². The molecule has 0 aromatic heterocycles. The topological polar surface area (TPSA) is 92.4 Å². The molecule has 1 saturated carbocycles. The molecule has 0 aliphatic heterocycles. The molecule has 0 saturated heterocycles. The highest BCUT2D eigenvalue weighted by atomic mass is 16.4. The molecule has 1 aliphatic rings. The second kappa shape index (κ2) is 6.05. The summed E-state index contributed by atoms with van der Waals surface area (Å²) in [6, 6.07) is 6.84. The van der Waals surface area contributed by atoms with E-state index in [0.717, 1.165) is 25.7 Å². The SMILES string of the molecule is NC1(CC(=O)Nc2ccc(CC(=O)O)cc2)CCCC1. The first-order valence-corrected chi connectivity index (χ1v) is 6.86. The van der Waals surface area contributed by atoms with Gasteiger partial charge < -0.3 is 16.2 Å². The van der Waals surface area contributed by atoms with Crippen molar-refractivity contribution >= 4 is 17.6 Å². The number of aliphatic carboxylic acids is 1. The number of nitrogens with one attached hydrogen (secondary N) is 1. The van der Waals surface area contributed by atoms with Gasteiger partial charge in [0.25, 0.3) is 0 Å². The lowest BCUT2D eigenvalue weighted by atomic mass is 9.94. The second-order valence-electron chi connectivity index (χ2n) is 5.56. The van der Waals surface area contributed by atoms with Crippen molar-refractivity contribution in [3.63, 3.8) is 0 Å². The largest absolute Gasteiger partial charge is 0.481 e. The van der Waals surface area contributed by atoms with E-state index in [-0.39, 0.29) is 17.9 Å². The summed E-state index contributed by atoms with van der Waals surface area (Å²) in [5.74, 6) is -0.950. The zero-order valence-electron chi connectivity index (χ0n) is 11.4. The minimum absolute atomic E-state index is 0.0138. The van der Waals surface area contributed by atoms with Crippen LogP contribution in [0.5, 0.6) is 0 Å². The Morgan fingerprint density at radius 2 is 1.80 bits per heavy atom. The maximum Gasteiger partial charge on any atom is 0.307 e. The zero-order chi connectivity index (χ0) is 14.6. The smallest absolute Gasteiger partial charge is 0.307 e. The average molecular weight is 276 g/mol. The number of hydrogen-bond acceptors (Lipinski definition) is 3. The maximum atomic E-state index is 12.0. The van der Waals surface area contributed by atoms with Crippen LogP contribution in [-0.4, -0.2) is 22.5 Å². The zero-order valence-corrected chi connectivity index (χ0v) is 11.4. The first kappa shape index (κ1) is 14.5. The van der Waals surface area contributed by atoms with Crippen LogP contribution < -0.4 is 11.1 Å². The van der Waals surface area contributed by atoms with Gasteiger partial charge in [0.15, 0.2) is 0 Å². The van der Waals surface area contributed by atoms with Crippen LogP contribution in [0.15, 0.2) is 24.3 Å². The van der Waals surface area contributed by atoms with Crippen LogP contribution in [0, 0.1) is 0 Å². The summed E-state index contributed by atoms with van der Waals surface area (Å²) < 4.78 is 0. The van der Waals surface area contributed by atoms with E-state index in [9.17, 15) is 9.59 Å². The lowest BCUT2D eigenvalue weighted by molar-refractivity contribution is -0.136. The summed E-state index contributed by atoms with van der Waals surface area (Å²) in [7, 11) is 0. The summed E-state index contributed by atoms with van der Waals surface area (Å²) in [4.78, 5) is 22.5. The van der Waals surface area contributed by atoms with Crippen LogP contribution in [0.3, 0.4) is 0 Å². The third-order valence-corrected chi connectivity index (χ3v) is 3.70. The number of nitrogens with two attached hydrogens (primary N) is 1. The number of hydrogen-bond donors (Lipinski definition) is 3. The Balaban J connectivity index is 1.89. The molecule has 20 heavy (non-hydrogen) atoms. The van der Waals surface area contributed by atoms with E-state index in [1.807, 2.05) is 0 Å². The Bertz CT molecular complexity index is 490. The highest BCUT2D eigenvalue weighted by Gasteiger charge is 2.31. The Morgan fingerprint density at radius 1 is 1.20 bits per heavy atom. The molecule has 1 aromatic carbocycles. The van der Waals surface area contributed by atoms with Gasteiger partial charge in [-0.1, -0.05) is 25.0 Å². The van der Waals surface area contributed by atoms with Crippen molar-refractivity contribution in [3.05, 3.63) is 29.8 Å². The summed E-state index contributed by atoms with van der Waals surface area (Å²) >= 11 is 0. The van der Waals surface area contributed by atoms with Gasteiger partial charge >= 0.3 is 5.97 Å². The van der Waals surface area contributed by atoms with Crippen LogP contribution in [0.4, 0.5) is 5.69 Å². The summed E-state index contributed by atoms with van der Waals surface area (Å²) in [5.41, 5.74) is 7.19. The van der Waals surface area contributed by atoms with Crippen molar-refractivity contribution in [2.45, 2.75) is 44.1 Å². The van der Waals surface area contributed by atoms with Gasteiger partial charge in [0.2, 0.25) is 5.91 Å². The summed E-state index contributed by atoms with van der Waals surface area (Å²) in [5, 5.41) is 11.5. The number of amides is 1. The molecule has 4 N–H and O–H groups in total. The molecular formula is C15H20N2O3. The van der Waals surface area contributed by atoms with E-state index in [2.05, 4.69) is 5.32 Å². The van der Waals surface area contributed by atoms with Gasteiger partial charge in [0.05, 0.1) is 6.42 Å². The van der Waals surface area contributed by atoms with E-state index in [0.29, 0.717) is 17.7 Å². The first-order chi connectivity index (χ1) is 9.47. The number of anilines is 1. The fourth-order valence-corrected chi connectivity index (χ4v) is 2.66. The van der Waals surface area contributed by atoms with Gasteiger partial charge in [0.1, 0.15) is 0 Å². The highest BCUT2D eigenvalue weighted by molar-refractivity contribution is 5.91. The Hall–Kier alpha value is -1.88. The van der Waals surface area contributed by atoms with Crippen LogP contribution in [0.25, 0.3) is 0 Å². The van der Waals surface area contributed by atoms with E-state index in [1.165, 1.54) is 0 Å². The quantitative estimate of drug-likeness (QED) is 0.766. The van der Waals surface area contributed by atoms with Gasteiger partial charge in [-0.05, 0) is 30.5 Å². The Morgan fingerprint density at radius 3 is 2.35 bits per heavy atom. The molecule has 0 spiro atoms. The number of benzene rings is 1. The molecule has 0 radical (unpaired) electrons. The molecule has 5 nitrogen and oxygen atoms in total. The van der Waals surface area contributed by atoms with E-state index in [1.54, 1.807) is 24.3 Å². The van der Waals surface area contributed by atoms with Crippen molar-refractivity contribution in [2.75, 3.05) is 5.32 Å². The summed E-state index contributed by atoms with van der Waals surface area (Å²) in [6.07, 6.45) is 4.31. The number of carboxylic acid groups (broad SMARTS) is 1. The van der Waals surface area contributed by atoms with Crippen molar-refractivity contribution < 1.29 is 14.7 Å². The lowest BCUT2D eigenvalue weighted by Crippen LogP contribution is -2.40. The molecule has 5 heteroatoms. The molecule has 0 heterocycles. The van der Waals surface area contributed by atoms with Gasteiger partial charge in [-0.25, -0.2) is 0 Å². The Labute approximate surface area is 118 Å². The number of carbonyl (C=O) groups excluding carboxylic acids is 1. The van der Waals surface area contributed by atoms with Crippen LogP contribution in [0.1, 0.15) is 37.7 Å². The number of carboxylic acids is 1. The molecule has 1 aliphatic carbocycles. The first-order valence-electron chi connectivity index (χ1n) is 6.86. The van der Waals surface area contributed by atoms with Gasteiger partial charge in [-0.15, -0.1) is 0 Å². The van der Waals surface area contributed by atoms with Crippen LogP contribution >= 0.6 is 0 Å². The van der Waals surface area contributed by atoms with Crippen molar-refractivity contribution in [3.8, 4) is 0 Å². The molecule has 0 atom stereocenters. The van der Waals surface area contributed by atoms with Crippen LogP contribution in [0.2, 0.25) is 0 Å².